The average Bonchev–Trinajstić information content (AvgIpc) is 2.93. The normalized spacial score (nSPS) is 19.5. The number of thioether (sulfide) groups is 1. The van der Waals surface area contributed by atoms with Crippen LogP contribution in [0.1, 0.15) is 37.9 Å². The van der Waals surface area contributed by atoms with Crippen molar-refractivity contribution in [2.75, 3.05) is 12.4 Å². The van der Waals surface area contributed by atoms with Gasteiger partial charge in [-0.3, -0.25) is 4.68 Å². The summed E-state index contributed by atoms with van der Waals surface area (Å²) in [6.45, 7) is 8.26. The number of nitrogens with one attached hydrogen (secondary N) is 1. The van der Waals surface area contributed by atoms with Crippen LogP contribution in [0.2, 0.25) is 0 Å². The Hall–Kier alpha value is -0.520. The second kappa shape index (κ2) is 6.77. The van der Waals surface area contributed by atoms with Crippen molar-refractivity contribution in [3.05, 3.63) is 11.3 Å². The number of aryl methyl sites for hydroxylation is 2. The molecule has 1 saturated heterocycles. The van der Waals surface area contributed by atoms with Crippen molar-refractivity contribution in [3.8, 4) is 0 Å². The Bertz CT molecular complexity index is 411. The molecule has 1 fully saturated rings. The zero-order valence-corrected chi connectivity index (χ0v) is 13.2. The van der Waals surface area contributed by atoms with Crippen LogP contribution >= 0.6 is 11.8 Å². The highest BCUT2D eigenvalue weighted by atomic mass is 32.2. The number of ether oxygens (including phenoxy) is 1. The summed E-state index contributed by atoms with van der Waals surface area (Å²) in [7, 11) is 2.03. The van der Waals surface area contributed by atoms with Crippen molar-refractivity contribution in [1.82, 2.24) is 15.1 Å². The Morgan fingerprint density at radius 2 is 2.32 bits per heavy atom. The van der Waals surface area contributed by atoms with Gasteiger partial charge < -0.3 is 10.1 Å². The topological polar surface area (TPSA) is 39.1 Å². The molecule has 1 unspecified atom stereocenters. The van der Waals surface area contributed by atoms with Crippen molar-refractivity contribution in [2.24, 2.45) is 7.05 Å². The lowest BCUT2D eigenvalue weighted by molar-refractivity contribution is 0.129. The molecule has 0 saturated carbocycles. The summed E-state index contributed by atoms with van der Waals surface area (Å²) in [5.41, 5.74) is 2.46. The summed E-state index contributed by atoms with van der Waals surface area (Å²) in [5.74, 6) is 1.04. The van der Waals surface area contributed by atoms with E-state index in [1.54, 1.807) is 0 Å². The molecule has 0 bridgehead atoms. The molecule has 5 heteroatoms. The molecule has 0 radical (unpaired) electrons. The smallest absolute Gasteiger partial charge is 0.0985 e. The van der Waals surface area contributed by atoms with Gasteiger partial charge in [-0.1, -0.05) is 13.8 Å². The fourth-order valence-corrected chi connectivity index (χ4v) is 3.55. The van der Waals surface area contributed by atoms with E-state index in [-0.39, 0.29) is 0 Å². The first-order chi connectivity index (χ1) is 9.08. The Labute approximate surface area is 120 Å². The first kappa shape index (κ1) is 14.9. The molecule has 0 amide bonds. The maximum absolute atomic E-state index is 5.69. The van der Waals surface area contributed by atoms with E-state index in [9.17, 15) is 0 Å². The third-order valence-corrected chi connectivity index (χ3v) is 4.73. The number of hydrogen-bond donors (Lipinski definition) is 1. The van der Waals surface area contributed by atoms with Crippen LogP contribution in [0.5, 0.6) is 0 Å². The molecule has 0 spiro atoms. The van der Waals surface area contributed by atoms with Crippen LogP contribution < -0.4 is 5.32 Å². The van der Waals surface area contributed by atoms with Gasteiger partial charge in [0.1, 0.15) is 0 Å². The third kappa shape index (κ3) is 3.97. The van der Waals surface area contributed by atoms with E-state index in [1.165, 1.54) is 23.4 Å². The predicted molar refractivity (Wildman–Crippen MR) is 79.6 cm³/mol. The van der Waals surface area contributed by atoms with E-state index >= 15 is 0 Å². The van der Waals surface area contributed by atoms with Gasteiger partial charge in [-0.05, 0) is 19.8 Å². The van der Waals surface area contributed by atoms with E-state index in [2.05, 4.69) is 31.2 Å². The summed E-state index contributed by atoms with van der Waals surface area (Å²) in [4.78, 5) is 0. The highest BCUT2D eigenvalue weighted by molar-refractivity contribution is 7.99. The van der Waals surface area contributed by atoms with Crippen molar-refractivity contribution < 1.29 is 4.74 Å². The average molecular weight is 283 g/mol. The Kier molecular flexibility index (Phi) is 5.30. The summed E-state index contributed by atoms with van der Waals surface area (Å²) >= 11 is 1.88. The van der Waals surface area contributed by atoms with E-state index in [1.807, 2.05) is 23.5 Å². The molecule has 1 aromatic rings. The van der Waals surface area contributed by atoms with Crippen LogP contribution in [-0.2, 0) is 18.3 Å². The molecule has 0 aliphatic carbocycles. The van der Waals surface area contributed by atoms with Crippen molar-refractivity contribution in [1.29, 1.82) is 0 Å². The van der Waals surface area contributed by atoms with Crippen LogP contribution in [0.15, 0.2) is 5.03 Å². The van der Waals surface area contributed by atoms with Gasteiger partial charge in [0.25, 0.3) is 0 Å². The second-order valence-electron chi connectivity index (χ2n) is 5.47. The number of aromatic nitrogens is 2. The predicted octanol–water partition coefficient (Wildman–Crippen LogP) is 2.50. The Morgan fingerprint density at radius 1 is 1.53 bits per heavy atom. The molecule has 1 atom stereocenters. The standard InChI is InChI=1S/C14H25N3OS/c1-10(2)15-8-13-11(3)16-17(4)14(13)19-9-12-6-5-7-18-12/h10,12,15H,5-9H2,1-4H3. The van der Waals surface area contributed by atoms with Gasteiger partial charge in [0.2, 0.25) is 0 Å². The zero-order valence-electron chi connectivity index (χ0n) is 12.4. The van der Waals surface area contributed by atoms with E-state index in [0.717, 1.165) is 24.6 Å². The van der Waals surface area contributed by atoms with Gasteiger partial charge in [-0.25, -0.2) is 0 Å². The summed E-state index contributed by atoms with van der Waals surface area (Å²) in [6.07, 6.45) is 2.83. The molecule has 19 heavy (non-hydrogen) atoms. The van der Waals surface area contributed by atoms with E-state index in [0.29, 0.717) is 12.1 Å². The van der Waals surface area contributed by atoms with Crippen LogP contribution in [0.4, 0.5) is 0 Å². The highest BCUT2D eigenvalue weighted by Crippen LogP contribution is 2.28. The SMILES string of the molecule is Cc1nn(C)c(SCC2CCCO2)c1CNC(C)C. The fourth-order valence-electron chi connectivity index (χ4n) is 2.32. The van der Waals surface area contributed by atoms with Crippen molar-refractivity contribution in [3.63, 3.8) is 0 Å². The monoisotopic (exact) mass is 283 g/mol. The van der Waals surface area contributed by atoms with Crippen molar-refractivity contribution in [2.45, 2.75) is 57.3 Å². The lowest BCUT2D eigenvalue weighted by Gasteiger charge is -2.12. The van der Waals surface area contributed by atoms with Gasteiger partial charge in [-0.2, -0.15) is 5.10 Å². The lowest BCUT2D eigenvalue weighted by atomic mass is 10.2. The molecule has 0 aromatic carbocycles. The minimum Gasteiger partial charge on any atom is -0.377 e. The van der Waals surface area contributed by atoms with Crippen molar-refractivity contribution >= 4 is 11.8 Å². The quantitative estimate of drug-likeness (QED) is 0.814. The van der Waals surface area contributed by atoms with E-state index in [4.69, 9.17) is 4.74 Å². The molecule has 4 nitrogen and oxygen atoms in total. The minimum atomic E-state index is 0.422. The fraction of sp³-hybridized carbons (Fsp3) is 0.786. The summed E-state index contributed by atoms with van der Waals surface area (Å²) < 4.78 is 7.70. The summed E-state index contributed by atoms with van der Waals surface area (Å²) in [5, 5.41) is 9.31. The molecule has 1 aliphatic heterocycles. The van der Waals surface area contributed by atoms with Gasteiger partial charge in [-0.15, -0.1) is 11.8 Å². The number of nitrogens with zero attached hydrogens (tertiary/aromatic N) is 2. The van der Waals surface area contributed by atoms with Gasteiger partial charge in [0.05, 0.1) is 16.8 Å². The van der Waals surface area contributed by atoms with Crippen LogP contribution in [-0.4, -0.2) is 34.3 Å². The van der Waals surface area contributed by atoms with Crippen LogP contribution in [0, 0.1) is 6.92 Å². The first-order valence-corrected chi connectivity index (χ1v) is 8.06. The van der Waals surface area contributed by atoms with Gasteiger partial charge >= 0.3 is 0 Å². The molecule has 2 heterocycles. The molecule has 2 rings (SSSR count). The van der Waals surface area contributed by atoms with Crippen LogP contribution in [0.3, 0.4) is 0 Å². The largest absolute Gasteiger partial charge is 0.377 e. The molecular formula is C14H25N3OS. The first-order valence-electron chi connectivity index (χ1n) is 7.08. The third-order valence-electron chi connectivity index (χ3n) is 3.41. The van der Waals surface area contributed by atoms with Gasteiger partial charge in [0.15, 0.2) is 0 Å². The molecule has 108 valence electrons. The van der Waals surface area contributed by atoms with E-state index < -0.39 is 0 Å². The molecule has 1 N–H and O–H groups in total. The maximum atomic E-state index is 5.69. The number of hydrogen-bond acceptors (Lipinski definition) is 4. The maximum Gasteiger partial charge on any atom is 0.0985 e. The van der Waals surface area contributed by atoms with Crippen LogP contribution in [0.25, 0.3) is 0 Å². The second-order valence-corrected chi connectivity index (χ2v) is 6.48. The Balaban J connectivity index is 2.00. The lowest BCUT2D eigenvalue weighted by Crippen LogP contribution is -2.22. The molecule has 1 aliphatic rings. The molecule has 1 aromatic heterocycles. The number of rotatable bonds is 6. The highest BCUT2D eigenvalue weighted by Gasteiger charge is 2.19. The Morgan fingerprint density at radius 3 is 2.95 bits per heavy atom. The molecular weight excluding hydrogens is 258 g/mol. The minimum absolute atomic E-state index is 0.422. The van der Waals surface area contributed by atoms with Gasteiger partial charge in [0, 0.05) is 37.6 Å². The summed E-state index contributed by atoms with van der Waals surface area (Å²) in [6, 6.07) is 0.496. The zero-order chi connectivity index (χ0) is 13.8.